The number of carbonyl (C=O) groups excluding carboxylic acids is 2. The number of rotatable bonds is 4. The first-order valence-electron chi connectivity index (χ1n) is 7.06. The van der Waals surface area contributed by atoms with Gasteiger partial charge in [-0.05, 0) is 18.2 Å². The van der Waals surface area contributed by atoms with Crippen molar-refractivity contribution in [3.05, 3.63) is 24.4 Å². The number of hydrogen-bond acceptors (Lipinski definition) is 7. The Hall–Kier alpha value is -2.66. The molecule has 0 saturated heterocycles. The third-order valence-corrected chi connectivity index (χ3v) is 6.09. The number of thiazole rings is 1. The van der Waals surface area contributed by atoms with Gasteiger partial charge in [-0.3, -0.25) is 14.3 Å². The number of sulfonamides is 1. The van der Waals surface area contributed by atoms with Gasteiger partial charge >= 0.3 is 0 Å². The van der Waals surface area contributed by atoms with Gasteiger partial charge in [0, 0.05) is 14.0 Å². The number of ether oxygens (including phenoxy) is 1. The van der Waals surface area contributed by atoms with E-state index in [4.69, 9.17) is 4.74 Å². The Kier molecular flexibility index (Phi) is 4.35. The Morgan fingerprint density at radius 3 is 2.88 bits per heavy atom. The van der Waals surface area contributed by atoms with Crippen LogP contribution in [0.4, 0.5) is 16.5 Å². The first-order valence-corrected chi connectivity index (χ1v) is 9.36. The van der Waals surface area contributed by atoms with Crippen molar-refractivity contribution < 1.29 is 22.7 Å². The molecule has 2 amide bonds. The van der Waals surface area contributed by atoms with E-state index in [9.17, 15) is 18.0 Å². The summed E-state index contributed by atoms with van der Waals surface area (Å²) in [5.41, 5.74) is 0.748. The molecule has 0 saturated carbocycles. The molecule has 0 spiro atoms. The van der Waals surface area contributed by atoms with Crippen molar-refractivity contribution >= 4 is 49.7 Å². The Morgan fingerprint density at radius 2 is 2.16 bits per heavy atom. The van der Waals surface area contributed by atoms with Crippen molar-refractivity contribution in [1.29, 1.82) is 0 Å². The molecule has 25 heavy (non-hydrogen) atoms. The summed E-state index contributed by atoms with van der Waals surface area (Å²) in [4.78, 5) is 27.9. The van der Waals surface area contributed by atoms with Gasteiger partial charge in [0.2, 0.25) is 5.91 Å². The standard InChI is InChI=1S/C14H14N4O5S2/c1-8(19)16-14-15-6-13(24-14)25(21,22)17-9-3-4-11-10(5-9)18(2)12(20)7-23-11/h3-6,17H,7H2,1-2H3,(H,15,16,19). The van der Waals surface area contributed by atoms with Gasteiger partial charge in [0.05, 0.1) is 17.6 Å². The van der Waals surface area contributed by atoms with Gasteiger partial charge in [-0.15, -0.1) is 0 Å². The van der Waals surface area contributed by atoms with Crippen LogP contribution in [0.15, 0.2) is 28.6 Å². The molecule has 1 aromatic carbocycles. The van der Waals surface area contributed by atoms with Gasteiger partial charge in [-0.25, -0.2) is 13.4 Å². The van der Waals surface area contributed by atoms with Gasteiger partial charge in [0.1, 0.15) is 5.75 Å². The van der Waals surface area contributed by atoms with E-state index in [0.717, 1.165) is 17.5 Å². The van der Waals surface area contributed by atoms with E-state index in [-0.39, 0.29) is 33.4 Å². The fraction of sp³-hybridized carbons (Fsp3) is 0.214. The van der Waals surface area contributed by atoms with Gasteiger partial charge in [0.25, 0.3) is 15.9 Å². The molecule has 132 valence electrons. The summed E-state index contributed by atoms with van der Waals surface area (Å²) >= 11 is 0.834. The number of nitrogens with zero attached hydrogens (tertiary/aromatic N) is 2. The van der Waals surface area contributed by atoms with Gasteiger partial charge in [-0.1, -0.05) is 11.3 Å². The average molecular weight is 382 g/mol. The maximum absolute atomic E-state index is 12.4. The number of benzene rings is 1. The minimum Gasteiger partial charge on any atom is -0.482 e. The largest absolute Gasteiger partial charge is 0.482 e. The van der Waals surface area contributed by atoms with Crippen LogP contribution in [0.2, 0.25) is 0 Å². The number of nitrogens with one attached hydrogen (secondary N) is 2. The second kappa shape index (κ2) is 6.33. The molecule has 9 nitrogen and oxygen atoms in total. The summed E-state index contributed by atoms with van der Waals surface area (Å²) in [5.74, 6) is -0.0701. The summed E-state index contributed by atoms with van der Waals surface area (Å²) in [6.45, 7) is 1.25. The van der Waals surface area contributed by atoms with Crippen molar-refractivity contribution in [1.82, 2.24) is 4.98 Å². The van der Waals surface area contributed by atoms with Gasteiger partial charge < -0.3 is 15.0 Å². The zero-order valence-corrected chi connectivity index (χ0v) is 14.9. The molecule has 0 atom stereocenters. The van der Waals surface area contributed by atoms with Crippen LogP contribution in [-0.4, -0.2) is 38.9 Å². The van der Waals surface area contributed by atoms with Crippen LogP contribution in [0.1, 0.15) is 6.92 Å². The van der Waals surface area contributed by atoms with Crippen LogP contribution in [-0.2, 0) is 19.6 Å². The molecule has 2 heterocycles. The lowest BCUT2D eigenvalue weighted by molar-refractivity contribution is -0.121. The monoisotopic (exact) mass is 382 g/mol. The molecule has 0 radical (unpaired) electrons. The number of hydrogen-bond donors (Lipinski definition) is 2. The molecular formula is C14H14N4O5S2. The highest BCUT2D eigenvalue weighted by Gasteiger charge is 2.24. The normalized spacial score (nSPS) is 13.8. The van der Waals surface area contributed by atoms with Crippen molar-refractivity contribution in [2.45, 2.75) is 11.1 Å². The van der Waals surface area contributed by atoms with E-state index in [1.807, 2.05) is 0 Å². The zero-order chi connectivity index (χ0) is 18.2. The quantitative estimate of drug-likeness (QED) is 0.822. The highest BCUT2D eigenvalue weighted by atomic mass is 32.2. The lowest BCUT2D eigenvalue weighted by Crippen LogP contribution is -2.35. The molecule has 0 bridgehead atoms. The van der Waals surface area contributed by atoms with Crippen LogP contribution in [0.3, 0.4) is 0 Å². The third kappa shape index (κ3) is 3.56. The second-order valence-corrected chi connectivity index (χ2v) is 8.13. The first kappa shape index (κ1) is 17.2. The molecule has 2 N–H and O–H groups in total. The maximum atomic E-state index is 12.4. The lowest BCUT2D eigenvalue weighted by Gasteiger charge is -2.26. The van der Waals surface area contributed by atoms with E-state index < -0.39 is 10.0 Å². The highest BCUT2D eigenvalue weighted by Crippen LogP contribution is 2.34. The summed E-state index contributed by atoms with van der Waals surface area (Å²) in [7, 11) is -2.29. The predicted octanol–water partition coefficient (Wildman–Crippen LogP) is 1.26. The van der Waals surface area contributed by atoms with Crippen LogP contribution >= 0.6 is 11.3 Å². The number of fused-ring (bicyclic) bond motifs is 1. The smallest absolute Gasteiger partial charge is 0.273 e. The molecule has 0 unspecified atom stereocenters. The second-order valence-electron chi connectivity index (χ2n) is 5.20. The fourth-order valence-corrected chi connectivity index (χ4v) is 4.26. The Morgan fingerprint density at radius 1 is 1.40 bits per heavy atom. The lowest BCUT2D eigenvalue weighted by atomic mass is 10.2. The van der Waals surface area contributed by atoms with E-state index in [2.05, 4.69) is 15.0 Å². The molecule has 11 heteroatoms. The molecule has 3 rings (SSSR count). The number of anilines is 3. The van der Waals surface area contributed by atoms with E-state index >= 15 is 0 Å². The molecule has 0 fully saturated rings. The van der Waals surface area contributed by atoms with Crippen LogP contribution in [0.5, 0.6) is 5.75 Å². The van der Waals surface area contributed by atoms with Crippen LogP contribution in [0, 0.1) is 0 Å². The Bertz CT molecular complexity index is 954. The van der Waals surface area contributed by atoms with E-state index in [1.54, 1.807) is 13.1 Å². The number of likely N-dealkylation sites (N-methyl/N-ethyl adjacent to an activating group) is 1. The summed E-state index contributed by atoms with van der Waals surface area (Å²) in [6, 6.07) is 4.64. The summed E-state index contributed by atoms with van der Waals surface area (Å²) in [6.07, 6.45) is 1.16. The molecule has 2 aromatic rings. The Labute approximate surface area is 147 Å². The first-order chi connectivity index (χ1) is 11.8. The van der Waals surface area contributed by atoms with Crippen LogP contribution < -0.4 is 19.7 Å². The van der Waals surface area contributed by atoms with Gasteiger partial charge in [0.15, 0.2) is 15.9 Å². The SMILES string of the molecule is CC(=O)Nc1ncc(S(=O)(=O)Nc2ccc3c(c2)N(C)C(=O)CO3)s1. The van der Waals surface area contributed by atoms with Crippen molar-refractivity contribution in [2.75, 3.05) is 28.6 Å². The summed E-state index contributed by atoms with van der Waals surface area (Å²) in [5, 5.41) is 2.62. The van der Waals surface area contributed by atoms with E-state index in [1.165, 1.54) is 24.0 Å². The Balaban J connectivity index is 1.85. The average Bonchev–Trinajstić information content (AvgIpc) is 3.00. The highest BCUT2D eigenvalue weighted by molar-refractivity contribution is 7.94. The van der Waals surface area contributed by atoms with Crippen LogP contribution in [0.25, 0.3) is 0 Å². The molecule has 1 aliphatic rings. The molecule has 1 aliphatic heterocycles. The fourth-order valence-electron chi connectivity index (χ4n) is 2.13. The van der Waals surface area contributed by atoms with Crippen molar-refractivity contribution in [3.63, 3.8) is 0 Å². The third-order valence-electron chi connectivity index (χ3n) is 3.33. The summed E-state index contributed by atoms with van der Waals surface area (Å²) < 4.78 is 32.6. The predicted molar refractivity (Wildman–Crippen MR) is 92.6 cm³/mol. The number of amides is 2. The minimum absolute atomic E-state index is 0.0466. The zero-order valence-electron chi connectivity index (χ0n) is 13.3. The van der Waals surface area contributed by atoms with E-state index in [0.29, 0.717) is 11.4 Å². The number of carbonyl (C=O) groups is 2. The maximum Gasteiger partial charge on any atom is 0.273 e. The molecular weight excluding hydrogens is 368 g/mol. The number of aromatic nitrogens is 1. The minimum atomic E-state index is -3.88. The topological polar surface area (TPSA) is 118 Å². The van der Waals surface area contributed by atoms with Crippen molar-refractivity contribution in [2.24, 2.45) is 0 Å². The van der Waals surface area contributed by atoms with Crippen molar-refractivity contribution in [3.8, 4) is 5.75 Å². The molecule has 0 aliphatic carbocycles. The van der Waals surface area contributed by atoms with Gasteiger partial charge in [-0.2, -0.15) is 0 Å². The molecule has 1 aromatic heterocycles.